The third-order valence-electron chi connectivity index (χ3n) is 2.80. The first-order chi connectivity index (χ1) is 5.70. The Morgan fingerprint density at radius 1 is 1.58 bits per heavy atom. The molecular weight excluding hydrogens is 152 g/mol. The lowest BCUT2D eigenvalue weighted by atomic mass is 10.2. The minimum Gasteiger partial charge on any atom is -0.350 e. The zero-order valence-corrected chi connectivity index (χ0v) is 7.52. The topological polar surface area (TPSA) is 41.1 Å². The summed E-state index contributed by atoms with van der Waals surface area (Å²) in [7, 11) is 0. The van der Waals surface area contributed by atoms with Gasteiger partial charge in [-0.25, -0.2) is 0 Å². The number of hydrogen-bond donors (Lipinski definition) is 2. The van der Waals surface area contributed by atoms with E-state index in [9.17, 15) is 4.79 Å². The van der Waals surface area contributed by atoms with Crippen LogP contribution in [0.1, 0.15) is 32.6 Å². The van der Waals surface area contributed by atoms with Crippen molar-refractivity contribution in [3.63, 3.8) is 0 Å². The average molecular weight is 168 g/mol. The summed E-state index contributed by atoms with van der Waals surface area (Å²) in [6, 6.07) is 0.0856. The van der Waals surface area contributed by atoms with Crippen LogP contribution in [-0.2, 0) is 4.79 Å². The highest BCUT2D eigenvalue weighted by Gasteiger charge is 2.40. The van der Waals surface area contributed by atoms with Crippen LogP contribution in [0.2, 0.25) is 0 Å². The maximum atomic E-state index is 11.5. The van der Waals surface area contributed by atoms with Gasteiger partial charge < -0.3 is 10.6 Å². The molecular formula is C9H16N2O. The van der Waals surface area contributed by atoms with Gasteiger partial charge in [0.1, 0.15) is 0 Å². The number of amides is 1. The van der Waals surface area contributed by atoms with Gasteiger partial charge in [0, 0.05) is 5.54 Å². The van der Waals surface area contributed by atoms with Crippen LogP contribution in [0.25, 0.3) is 0 Å². The predicted octanol–water partition coefficient (Wildman–Crippen LogP) is 0.407. The number of rotatable bonds is 2. The van der Waals surface area contributed by atoms with E-state index in [0.29, 0.717) is 0 Å². The second-order valence-corrected chi connectivity index (χ2v) is 4.20. The Hall–Kier alpha value is -0.570. The Kier molecular flexibility index (Phi) is 1.83. The lowest BCUT2D eigenvalue weighted by Crippen LogP contribution is -2.45. The molecule has 2 aliphatic rings. The molecule has 1 unspecified atom stereocenters. The second-order valence-electron chi connectivity index (χ2n) is 4.20. The highest BCUT2D eigenvalue weighted by Crippen LogP contribution is 2.34. The number of carbonyl (C=O) groups excluding carboxylic acids is 1. The lowest BCUT2D eigenvalue weighted by Gasteiger charge is -2.15. The molecule has 1 saturated heterocycles. The zero-order chi connectivity index (χ0) is 8.60. The normalized spacial score (nSPS) is 31.6. The third-order valence-corrected chi connectivity index (χ3v) is 2.80. The van der Waals surface area contributed by atoms with Gasteiger partial charge in [-0.1, -0.05) is 0 Å². The summed E-state index contributed by atoms with van der Waals surface area (Å²) in [6.45, 7) is 3.11. The van der Waals surface area contributed by atoms with E-state index < -0.39 is 0 Å². The number of nitrogens with one attached hydrogen (secondary N) is 2. The van der Waals surface area contributed by atoms with E-state index in [1.165, 1.54) is 0 Å². The van der Waals surface area contributed by atoms with E-state index >= 15 is 0 Å². The monoisotopic (exact) mass is 168 g/mol. The first-order valence-corrected chi connectivity index (χ1v) is 4.75. The molecule has 3 heteroatoms. The fraction of sp³-hybridized carbons (Fsp3) is 0.889. The molecule has 1 aliphatic carbocycles. The van der Waals surface area contributed by atoms with Crippen LogP contribution in [0.5, 0.6) is 0 Å². The summed E-state index contributed by atoms with van der Waals surface area (Å²) in [5.74, 6) is 0.201. The van der Waals surface area contributed by atoms with Crippen molar-refractivity contribution in [1.29, 1.82) is 0 Å². The van der Waals surface area contributed by atoms with Gasteiger partial charge in [0.2, 0.25) is 5.91 Å². The molecule has 0 radical (unpaired) electrons. The highest BCUT2D eigenvalue weighted by molar-refractivity contribution is 5.83. The summed E-state index contributed by atoms with van der Waals surface area (Å²) in [5, 5.41) is 6.27. The molecule has 0 aromatic heterocycles. The molecule has 1 atom stereocenters. The van der Waals surface area contributed by atoms with Crippen molar-refractivity contribution in [3.8, 4) is 0 Å². The van der Waals surface area contributed by atoms with E-state index in [2.05, 4.69) is 17.6 Å². The third kappa shape index (κ3) is 1.61. The van der Waals surface area contributed by atoms with Crippen molar-refractivity contribution >= 4 is 5.91 Å². The molecule has 1 aliphatic heterocycles. The van der Waals surface area contributed by atoms with Gasteiger partial charge in [0.25, 0.3) is 0 Å². The fourth-order valence-electron chi connectivity index (χ4n) is 1.61. The molecule has 68 valence electrons. The van der Waals surface area contributed by atoms with E-state index in [4.69, 9.17) is 0 Å². The molecule has 0 spiro atoms. The molecule has 2 fully saturated rings. The van der Waals surface area contributed by atoms with Gasteiger partial charge >= 0.3 is 0 Å². The predicted molar refractivity (Wildman–Crippen MR) is 46.8 cm³/mol. The van der Waals surface area contributed by atoms with Crippen LogP contribution in [0.15, 0.2) is 0 Å². The lowest BCUT2D eigenvalue weighted by molar-refractivity contribution is -0.123. The average Bonchev–Trinajstić information content (AvgIpc) is 2.55. The first-order valence-electron chi connectivity index (χ1n) is 4.75. The van der Waals surface area contributed by atoms with Gasteiger partial charge in [-0.2, -0.15) is 0 Å². The minimum absolute atomic E-state index is 0.0856. The van der Waals surface area contributed by atoms with E-state index in [-0.39, 0.29) is 17.5 Å². The SMILES string of the molecule is CC1(NC(=O)C2CCCN2)CC1. The maximum Gasteiger partial charge on any atom is 0.237 e. The van der Waals surface area contributed by atoms with Crippen LogP contribution >= 0.6 is 0 Å². The fourth-order valence-corrected chi connectivity index (χ4v) is 1.61. The quantitative estimate of drug-likeness (QED) is 0.627. The molecule has 3 nitrogen and oxygen atoms in total. The Morgan fingerprint density at radius 3 is 2.83 bits per heavy atom. The standard InChI is InChI=1S/C9H16N2O/c1-9(4-5-9)11-8(12)7-3-2-6-10-7/h7,10H,2-6H2,1H3,(H,11,12). The van der Waals surface area contributed by atoms with Gasteiger partial charge in [-0.3, -0.25) is 4.79 Å². The molecule has 2 N–H and O–H groups in total. The van der Waals surface area contributed by atoms with Crippen LogP contribution in [-0.4, -0.2) is 24.0 Å². The Balaban J connectivity index is 1.83. The van der Waals surface area contributed by atoms with Crippen LogP contribution in [0.4, 0.5) is 0 Å². The Labute approximate surface area is 72.9 Å². The summed E-state index contributed by atoms with van der Waals surface area (Å²) in [5.41, 5.74) is 0.140. The molecule has 0 aromatic carbocycles. The number of hydrogen-bond acceptors (Lipinski definition) is 2. The molecule has 1 amide bonds. The Morgan fingerprint density at radius 2 is 2.33 bits per heavy atom. The Bertz CT molecular complexity index is 193. The van der Waals surface area contributed by atoms with Crippen molar-refractivity contribution < 1.29 is 4.79 Å². The van der Waals surface area contributed by atoms with Crippen LogP contribution in [0.3, 0.4) is 0 Å². The van der Waals surface area contributed by atoms with Crippen molar-refractivity contribution in [2.75, 3.05) is 6.54 Å². The van der Waals surface area contributed by atoms with E-state index in [1.54, 1.807) is 0 Å². The minimum atomic E-state index is 0.0856. The van der Waals surface area contributed by atoms with Gasteiger partial charge in [0.05, 0.1) is 6.04 Å². The zero-order valence-electron chi connectivity index (χ0n) is 7.52. The van der Waals surface area contributed by atoms with Crippen molar-refractivity contribution in [2.45, 2.75) is 44.2 Å². The summed E-state index contributed by atoms with van der Waals surface area (Å²) < 4.78 is 0. The summed E-state index contributed by atoms with van der Waals surface area (Å²) >= 11 is 0. The molecule has 0 bridgehead atoms. The first kappa shape index (κ1) is 8.05. The van der Waals surface area contributed by atoms with Crippen LogP contribution in [0, 0.1) is 0 Å². The number of carbonyl (C=O) groups is 1. The summed E-state index contributed by atoms with van der Waals surface area (Å²) in [6.07, 6.45) is 4.42. The molecule has 1 saturated carbocycles. The van der Waals surface area contributed by atoms with Gasteiger partial charge in [-0.15, -0.1) is 0 Å². The smallest absolute Gasteiger partial charge is 0.237 e. The van der Waals surface area contributed by atoms with Gasteiger partial charge in [-0.05, 0) is 39.2 Å². The van der Waals surface area contributed by atoms with Crippen molar-refractivity contribution in [2.24, 2.45) is 0 Å². The largest absolute Gasteiger partial charge is 0.350 e. The van der Waals surface area contributed by atoms with Crippen molar-refractivity contribution in [3.05, 3.63) is 0 Å². The summed E-state index contributed by atoms with van der Waals surface area (Å²) in [4.78, 5) is 11.5. The molecule has 2 rings (SSSR count). The van der Waals surface area contributed by atoms with E-state index in [1.807, 2.05) is 0 Å². The maximum absolute atomic E-state index is 11.5. The van der Waals surface area contributed by atoms with Gasteiger partial charge in [0.15, 0.2) is 0 Å². The highest BCUT2D eigenvalue weighted by atomic mass is 16.2. The molecule has 1 heterocycles. The molecule has 0 aromatic rings. The molecule has 12 heavy (non-hydrogen) atoms. The van der Waals surface area contributed by atoms with Crippen molar-refractivity contribution in [1.82, 2.24) is 10.6 Å². The van der Waals surface area contributed by atoms with Crippen LogP contribution < -0.4 is 10.6 Å². The van der Waals surface area contributed by atoms with E-state index in [0.717, 1.165) is 32.2 Å². The second kappa shape index (κ2) is 2.73.